The van der Waals surface area contributed by atoms with Crippen molar-refractivity contribution in [3.63, 3.8) is 0 Å². The Morgan fingerprint density at radius 1 is 1.19 bits per heavy atom. The number of aryl methyl sites for hydroxylation is 1. The minimum Gasteiger partial charge on any atom is -0.395 e. The number of aliphatic hydroxyl groups is 1. The highest BCUT2D eigenvalue weighted by molar-refractivity contribution is 5.94. The Morgan fingerprint density at radius 3 is 2.59 bits per heavy atom. The van der Waals surface area contributed by atoms with E-state index in [2.05, 4.69) is 10.4 Å². The van der Waals surface area contributed by atoms with Gasteiger partial charge in [0.15, 0.2) is 0 Å². The third-order valence-electron chi connectivity index (χ3n) is 3.95. The van der Waals surface area contributed by atoms with Crippen molar-refractivity contribution in [1.29, 1.82) is 0 Å². The Labute approximate surface area is 154 Å². The molecule has 0 saturated heterocycles. The standard InChI is InChI=1S/C20H18FN3O3/c1-13-5-7-14(8-6-13)18-12-17(19(26)22-9-10-25)20(27)24(23-18)16-4-2-3-15(21)11-16/h2-8,11-12,25H,9-10H2,1H3,(H,22,26). The number of aliphatic hydroxyl groups excluding tert-OH is 1. The van der Waals surface area contributed by atoms with Gasteiger partial charge in [-0.05, 0) is 31.2 Å². The van der Waals surface area contributed by atoms with Crippen molar-refractivity contribution in [3.8, 4) is 16.9 Å². The van der Waals surface area contributed by atoms with E-state index in [1.807, 2.05) is 31.2 Å². The summed E-state index contributed by atoms with van der Waals surface area (Å²) < 4.78 is 14.6. The first-order valence-corrected chi connectivity index (χ1v) is 8.36. The van der Waals surface area contributed by atoms with Crippen LogP contribution in [0.15, 0.2) is 59.4 Å². The molecule has 0 bridgehead atoms. The molecule has 2 N–H and O–H groups in total. The summed E-state index contributed by atoms with van der Waals surface area (Å²) >= 11 is 0. The maximum atomic E-state index is 13.6. The summed E-state index contributed by atoms with van der Waals surface area (Å²) in [7, 11) is 0. The van der Waals surface area contributed by atoms with E-state index >= 15 is 0 Å². The first-order chi connectivity index (χ1) is 13.0. The van der Waals surface area contributed by atoms with Gasteiger partial charge < -0.3 is 10.4 Å². The zero-order valence-electron chi connectivity index (χ0n) is 14.6. The van der Waals surface area contributed by atoms with E-state index in [1.165, 1.54) is 30.3 Å². The molecule has 0 aliphatic rings. The number of aromatic nitrogens is 2. The molecule has 1 heterocycles. The molecule has 6 nitrogen and oxygen atoms in total. The summed E-state index contributed by atoms with van der Waals surface area (Å²) in [4.78, 5) is 25.2. The highest BCUT2D eigenvalue weighted by Gasteiger charge is 2.17. The fraction of sp³-hybridized carbons (Fsp3) is 0.150. The van der Waals surface area contributed by atoms with Gasteiger partial charge in [-0.2, -0.15) is 9.78 Å². The first kappa shape index (κ1) is 18.5. The monoisotopic (exact) mass is 367 g/mol. The summed E-state index contributed by atoms with van der Waals surface area (Å²) in [6.45, 7) is 1.71. The molecule has 1 amide bonds. The lowest BCUT2D eigenvalue weighted by Crippen LogP contribution is -2.35. The minimum absolute atomic E-state index is 0.0143. The number of nitrogens with one attached hydrogen (secondary N) is 1. The second-order valence-electron chi connectivity index (χ2n) is 5.99. The molecule has 1 aromatic heterocycles. The number of benzene rings is 2. The number of carbonyl (C=O) groups is 1. The summed E-state index contributed by atoms with van der Waals surface area (Å²) in [6, 6.07) is 14.3. The van der Waals surface area contributed by atoms with Gasteiger partial charge in [-0.1, -0.05) is 35.9 Å². The van der Waals surface area contributed by atoms with Crippen LogP contribution in [0.1, 0.15) is 15.9 Å². The molecule has 3 rings (SSSR count). The third kappa shape index (κ3) is 4.09. The fourth-order valence-corrected chi connectivity index (χ4v) is 2.57. The second kappa shape index (κ2) is 7.92. The number of amides is 1. The third-order valence-corrected chi connectivity index (χ3v) is 3.95. The van der Waals surface area contributed by atoms with Crippen molar-refractivity contribution in [2.45, 2.75) is 6.92 Å². The van der Waals surface area contributed by atoms with E-state index in [9.17, 15) is 14.0 Å². The van der Waals surface area contributed by atoms with Crippen LogP contribution in [0.3, 0.4) is 0 Å². The van der Waals surface area contributed by atoms with E-state index in [0.717, 1.165) is 10.2 Å². The number of hydrogen-bond donors (Lipinski definition) is 2. The lowest BCUT2D eigenvalue weighted by molar-refractivity contribution is 0.0942. The molecule has 7 heteroatoms. The van der Waals surface area contributed by atoms with Crippen molar-refractivity contribution >= 4 is 5.91 Å². The van der Waals surface area contributed by atoms with Crippen LogP contribution < -0.4 is 10.9 Å². The van der Waals surface area contributed by atoms with Crippen molar-refractivity contribution < 1.29 is 14.3 Å². The van der Waals surface area contributed by atoms with Gasteiger partial charge in [-0.25, -0.2) is 4.39 Å². The molecule has 0 saturated carbocycles. The normalized spacial score (nSPS) is 10.6. The van der Waals surface area contributed by atoms with Gasteiger partial charge in [0.1, 0.15) is 11.4 Å². The van der Waals surface area contributed by atoms with Crippen molar-refractivity contribution in [1.82, 2.24) is 15.1 Å². The quantitative estimate of drug-likeness (QED) is 0.723. The minimum atomic E-state index is -0.674. The van der Waals surface area contributed by atoms with E-state index in [0.29, 0.717) is 11.3 Å². The Balaban J connectivity index is 2.19. The lowest BCUT2D eigenvalue weighted by atomic mass is 10.1. The number of nitrogens with zero attached hydrogens (tertiary/aromatic N) is 2. The molecular weight excluding hydrogens is 349 g/mol. The summed E-state index contributed by atoms with van der Waals surface area (Å²) in [5, 5.41) is 15.7. The largest absolute Gasteiger partial charge is 0.395 e. The number of halogens is 1. The van der Waals surface area contributed by atoms with Crippen molar-refractivity contribution in [3.05, 3.63) is 81.9 Å². The second-order valence-corrected chi connectivity index (χ2v) is 5.99. The maximum Gasteiger partial charge on any atom is 0.284 e. The van der Waals surface area contributed by atoms with E-state index < -0.39 is 17.3 Å². The Morgan fingerprint density at radius 2 is 1.93 bits per heavy atom. The first-order valence-electron chi connectivity index (χ1n) is 8.36. The van der Waals surface area contributed by atoms with Crippen LogP contribution in [0.2, 0.25) is 0 Å². The molecule has 0 fully saturated rings. The van der Waals surface area contributed by atoms with Crippen LogP contribution >= 0.6 is 0 Å². The van der Waals surface area contributed by atoms with Gasteiger partial charge in [0.2, 0.25) is 0 Å². The average molecular weight is 367 g/mol. The van der Waals surface area contributed by atoms with Crippen LogP contribution in [-0.4, -0.2) is 33.9 Å². The molecule has 27 heavy (non-hydrogen) atoms. The molecule has 0 spiro atoms. The lowest BCUT2D eigenvalue weighted by Gasteiger charge is -2.11. The topological polar surface area (TPSA) is 84.2 Å². The molecule has 138 valence electrons. The molecule has 3 aromatic rings. The van der Waals surface area contributed by atoms with Crippen LogP contribution in [0.5, 0.6) is 0 Å². The smallest absolute Gasteiger partial charge is 0.284 e. The van der Waals surface area contributed by atoms with Crippen LogP contribution in [0.25, 0.3) is 16.9 Å². The van der Waals surface area contributed by atoms with Gasteiger partial charge in [0, 0.05) is 12.1 Å². The molecule has 0 atom stereocenters. The van der Waals surface area contributed by atoms with Gasteiger partial charge in [-0.3, -0.25) is 9.59 Å². The number of rotatable bonds is 5. The van der Waals surface area contributed by atoms with E-state index in [-0.39, 0.29) is 24.4 Å². The summed E-state index contributed by atoms with van der Waals surface area (Å²) in [5.41, 5.74) is 1.56. The van der Waals surface area contributed by atoms with Crippen molar-refractivity contribution in [2.75, 3.05) is 13.2 Å². The average Bonchev–Trinajstić information content (AvgIpc) is 2.67. The van der Waals surface area contributed by atoms with Crippen LogP contribution in [0, 0.1) is 12.7 Å². The van der Waals surface area contributed by atoms with E-state index in [4.69, 9.17) is 5.11 Å². The van der Waals surface area contributed by atoms with Crippen molar-refractivity contribution in [2.24, 2.45) is 0 Å². The molecule has 0 aliphatic heterocycles. The molecule has 0 radical (unpaired) electrons. The molecule has 0 unspecified atom stereocenters. The summed E-state index contributed by atoms with van der Waals surface area (Å²) in [5.74, 6) is -1.15. The van der Waals surface area contributed by atoms with Gasteiger partial charge >= 0.3 is 0 Å². The Hall–Kier alpha value is -3.32. The predicted octanol–water partition coefficient (Wildman–Crippen LogP) is 2.07. The Bertz CT molecular complexity index is 1030. The Kier molecular flexibility index (Phi) is 5.42. The van der Waals surface area contributed by atoms with Gasteiger partial charge in [-0.15, -0.1) is 0 Å². The SMILES string of the molecule is Cc1ccc(-c2cc(C(=O)NCCO)c(=O)n(-c3cccc(F)c3)n2)cc1. The number of carbonyl (C=O) groups excluding carboxylic acids is 1. The molecular formula is C20H18FN3O3. The zero-order chi connectivity index (χ0) is 19.4. The molecule has 0 aliphatic carbocycles. The number of hydrogen-bond acceptors (Lipinski definition) is 4. The zero-order valence-corrected chi connectivity index (χ0v) is 14.6. The maximum absolute atomic E-state index is 13.6. The highest BCUT2D eigenvalue weighted by Crippen LogP contribution is 2.18. The van der Waals surface area contributed by atoms with Gasteiger partial charge in [0.25, 0.3) is 11.5 Å². The predicted molar refractivity (Wildman–Crippen MR) is 99.4 cm³/mol. The van der Waals surface area contributed by atoms with E-state index in [1.54, 1.807) is 0 Å². The highest BCUT2D eigenvalue weighted by atomic mass is 19.1. The van der Waals surface area contributed by atoms with Crippen LogP contribution in [-0.2, 0) is 0 Å². The van der Waals surface area contributed by atoms with Crippen LogP contribution in [0.4, 0.5) is 4.39 Å². The fourth-order valence-electron chi connectivity index (χ4n) is 2.57. The molecule has 2 aromatic carbocycles. The van der Waals surface area contributed by atoms with Gasteiger partial charge in [0.05, 0.1) is 18.0 Å². The summed E-state index contributed by atoms with van der Waals surface area (Å²) in [6.07, 6.45) is 0.